The van der Waals surface area contributed by atoms with Gasteiger partial charge in [0.1, 0.15) is 0 Å². The van der Waals surface area contributed by atoms with Crippen LogP contribution in [0.2, 0.25) is 0 Å². The van der Waals surface area contributed by atoms with E-state index >= 15 is 0 Å². The van der Waals surface area contributed by atoms with Crippen LogP contribution in [0.4, 0.5) is 5.69 Å². The van der Waals surface area contributed by atoms with Crippen LogP contribution in [0, 0.1) is 0 Å². The van der Waals surface area contributed by atoms with Crippen molar-refractivity contribution in [3.63, 3.8) is 0 Å². The molecule has 2 rings (SSSR count). The molecule has 0 aliphatic rings. The number of benzene rings is 2. The van der Waals surface area contributed by atoms with Gasteiger partial charge in [-0.15, -0.1) is 0 Å². The Balaban J connectivity index is 1.82. The highest BCUT2D eigenvalue weighted by Gasteiger charge is 2.08. The minimum Gasteiger partial charge on any atom is -0.493 e. The Hall–Kier alpha value is -3.22. The maximum atomic E-state index is 12.0. The molecular formula is C20H24N2O5. The van der Waals surface area contributed by atoms with Gasteiger partial charge in [0.15, 0.2) is 11.5 Å². The Kier molecular flexibility index (Phi) is 7.49. The van der Waals surface area contributed by atoms with E-state index in [2.05, 4.69) is 10.6 Å². The first-order valence-electron chi connectivity index (χ1n) is 8.56. The van der Waals surface area contributed by atoms with E-state index in [1.54, 1.807) is 51.5 Å². The molecule has 1 amide bonds. The van der Waals surface area contributed by atoms with Crippen LogP contribution in [0.5, 0.6) is 11.5 Å². The van der Waals surface area contributed by atoms with Gasteiger partial charge in [-0.3, -0.25) is 4.79 Å². The molecule has 27 heavy (non-hydrogen) atoms. The topological polar surface area (TPSA) is 85.9 Å². The van der Waals surface area contributed by atoms with E-state index in [0.29, 0.717) is 30.2 Å². The van der Waals surface area contributed by atoms with Crippen molar-refractivity contribution in [2.75, 3.05) is 32.7 Å². The third kappa shape index (κ3) is 5.91. The molecule has 0 aliphatic heterocycles. The van der Waals surface area contributed by atoms with Crippen LogP contribution in [-0.4, -0.2) is 39.2 Å². The number of anilines is 1. The van der Waals surface area contributed by atoms with E-state index in [4.69, 9.17) is 14.2 Å². The maximum absolute atomic E-state index is 12.0. The van der Waals surface area contributed by atoms with Gasteiger partial charge in [0.05, 0.1) is 32.9 Å². The molecule has 7 nitrogen and oxygen atoms in total. The molecule has 0 saturated heterocycles. The lowest BCUT2D eigenvalue weighted by Crippen LogP contribution is -2.29. The van der Waals surface area contributed by atoms with E-state index < -0.39 is 0 Å². The SMILES string of the molecule is CCOC(=O)c1ccc(NCC(=O)NCc2ccc(OC)c(OC)c2)cc1. The van der Waals surface area contributed by atoms with Crippen LogP contribution >= 0.6 is 0 Å². The molecule has 0 fully saturated rings. The van der Waals surface area contributed by atoms with Gasteiger partial charge in [0.2, 0.25) is 5.91 Å². The zero-order valence-corrected chi connectivity index (χ0v) is 15.7. The number of carbonyl (C=O) groups is 2. The average Bonchev–Trinajstić information content (AvgIpc) is 2.71. The minimum absolute atomic E-state index is 0.117. The predicted octanol–water partition coefficient (Wildman–Crippen LogP) is 2.61. The largest absolute Gasteiger partial charge is 0.493 e. The molecule has 0 saturated carbocycles. The second-order valence-electron chi connectivity index (χ2n) is 5.62. The molecule has 144 valence electrons. The Morgan fingerprint density at radius 1 is 0.963 bits per heavy atom. The van der Waals surface area contributed by atoms with E-state index in [1.165, 1.54) is 0 Å². The Bertz CT molecular complexity index is 774. The van der Waals surface area contributed by atoms with Crippen molar-refractivity contribution in [3.8, 4) is 11.5 Å². The molecule has 2 aromatic rings. The van der Waals surface area contributed by atoms with Crippen LogP contribution in [0.1, 0.15) is 22.8 Å². The van der Waals surface area contributed by atoms with E-state index in [-0.39, 0.29) is 18.4 Å². The molecule has 0 heterocycles. The van der Waals surface area contributed by atoms with Gasteiger partial charge in [0.25, 0.3) is 0 Å². The van der Waals surface area contributed by atoms with Gasteiger partial charge in [-0.2, -0.15) is 0 Å². The highest BCUT2D eigenvalue weighted by atomic mass is 16.5. The number of hydrogen-bond donors (Lipinski definition) is 2. The van der Waals surface area contributed by atoms with Crippen molar-refractivity contribution in [1.82, 2.24) is 5.32 Å². The lowest BCUT2D eigenvalue weighted by Gasteiger charge is -2.11. The lowest BCUT2D eigenvalue weighted by molar-refractivity contribution is -0.119. The van der Waals surface area contributed by atoms with E-state index in [1.807, 2.05) is 12.1 Å². The molecule has 0 aromatic heterocycles. The molecule has 0 bridgehead atoms. The van der Waals surface area contributed by atoms with Crippen molar-refractivity contribution in [2.45, 2.75) is 13.5 Å². The third-order valence-electron chi connectivity index (χ3n) is 3.79. The number of carbonyl (C=O) groups excluding carboxylic acids is 2. The van der Waals surface area contributed by atoms with Crippen molar-refractivity contribution in [1.29, 1.82) is 0 Å². The molecular weight excluding hydrogens is 348 g/mol. The molecule has 0 radical (unpaired) electrons. The Morgan fingerprint density at radius 3 is 2.30 bits per heavy atom. The summed E-state index contributed by atoms with van der Waals surface area (Å²) >= 11 is 0. The monoisotopic (exact) mass is 372 g/mol. The van der Waals surface area contributed by atoms with Crippen LogP contribution < -0.4 is 20.1 Å². The summed E-state index contributed by atoms with van der Waals surface area (Å²) in [7, 11) is 3.14. The molecule has 2 N–H and O–H groups in total. The number of hydrogen-bond acceptors (Lipinski definition) is 6. The summed E-state index contributed by atoms with van der Waals surface area (Å²) in [6.45, 7) is 2.59. The van der Waals surface area contributed by atoms with Crippen molar-refractivity contribution >= 4 is 17.6 Å². The highest BCUT2D eigenvalue weighted by Crippen LogP contribution is 2.27. The van der Waals surface area contributed by atoms with Gasteiger partial charge < -0.3 is 24.8 Å². The maximum Gasteiger partial charge on any atom is 0.338 e. The summed E-state index contributed by atoms with van der Waals surface area (Å²) in [5.74, 6) is 0.737. The average molecular weight is 372 g/mol. The number of rotatable bonds is 9. The zero-order chi connectivity index (χ0) is 19.6. The third-order valence-corrected chi connectivity index (χ3v) is 3.79. The first-order chi connectivity index (χ1) is 13.1. The Labute approximate surface area is 158 Å². The van der Waals surface area contributed by atoms with Crippen LogP contribution in [0.25, 0.3) is 0 Å². The number of amides is 1. The fraction of sp³-hybridized carbons (Fsp3) is 0.300. The summed E-state index contributed by atoms with van der Waals surface area (Å²) in [6, 6.07) is 12.2. The molecule has 0 atom stereocenters. The Morgan fingerprint density at radius 2 is 1.67 bits per heavy atom. The number of methoxy groups -OCH3 is 2. The molecule has 2 aromatic carbocycles. The summed E-state index contributed by atoms with van der Waals surface area (Å²) in [4.78, 5) is 23.6. The van der Waals surface area contributed by atoms with E-state index in [9.17, 15) is 9.59 Å². The summed E-state index contributed by atoms with van der Waals surface area (Å²) in [5.41, 5.74) is 2.12. The molecule has 0 aliphatic carbocycles. The van der Waals surface area contributed by atoms with Gasteiger partial charge >= 0.3 is 5.97 Å². The fourth-order valence-corrected chi connectivity index (χ4v) is 2.37. The van der Waals surface area contributed by atoms with Gasteiger partial charge in [-0.25, -0.2) is 4.79 Å². The van der Waals surface area contributed by atoms with Gasteiger partial charge in [-0.05, 0) is 48.9 Å². The summed E-state index contributed by atoms with van der Waals surface area (Å²) < 4.78 is 15.4. The fourth-order valence-electron chi connectivity index (χ4n) is 2.37. The number of esters is 1. The molecule has 7 heteroatoms. The van der Waals surface area contributed by atoms with Crippen LogP contribution in [0.3, 0.4) is 0 Å². The number of nitrogens with one attached hydrogen (secondary N) is 2. The van der Waals surface area contributed by atoms with Crippen LogP contribution in [0.15, 0.2) is 42.5 Å². The van der Waals surface area contributed by atoms with E-state index in [0.717, 1.165) is 11.3 Å². The molecule has 0 spiro atoms. The highest BCUT2D eigenvalue weighted by molar-refractivity contribution is 5.90. The van der Waals surface area contributed by atoms with Crippen molar-refractivity contribution < 1.29 is 23.8 Å². The summed E-state index contributed by atoms with van der Waals surface area (Å²) in [5, 5.41) is 5.84. The van der Waals surface area contributed by atoms with Gasteiger partial charge in [0, 0.05) is 12.2 Å². The first kappa shape index (κ1) is 20.1. The summed E-state index contributed by atoms with van der Waals surface area (Å²) in [6.07, 6.45) is 0. The zero-order valence-electron chi connectivity index (χ0n) is 15.7. The normalized spacial score (nSPS) is 10.0. The predicted molar refractivity (Wildman–Crippen MR) is 102 cm³/mol. The smallest absolute Gasteiger partial charge is 0.338 e. The van der Waals surface area contributed by atoms with Crippen molar-refractivity contribution in [3.05, 3.63) is 53.6 Å². The van der Waals surface area contributed by atoms with Gasteiger partial charge in [-0.1, -0.05) is 6.07 Å². The van der Waals surface area contributed by atoms with Crippen LogP contribution in [-0.2, 0) is 16.1 Å². The lowest BCUT2D eigenvalue weighted by atomic mass is 10.2. The number of ether oxygens (including phenoxy) is 3. The first-order valence-corrected chi connectivity index (χ1v) is 8.56. The molecule has 0 unspecified atom stereocenters. The second kappa shape index (κ2) is 10.1. The second-order valence-corrected chi connectivity index (χ2v) is 5.62. The quantitative estimate of drug-likeness (QED) is 0.658. The standard InChI is InChI=1S/C20H24N2O5/c1-4-27-20(24)15-6-8-16(9-7-15)21-13-19(23)22-12-14-5-10-17(25-2)18(11-14)26-3/h5-11,21H,4,12-13H2,1-3H3,(H,22,23). The minimum atomic E-state index is -0.364. The van der Waals surface area contributed by atoms with Crippen molar-refractivity contribution in [2.24, 2.45) is 0 Å².